The van der Waals surface area contributed by atoms with Crippen molar-refractivity contribution >= 4 is 15.9 Å². The van der Waals surface area contributed by atoms with Gasteiger partial charge in [0.1, 0.15) is 0 Å². The second-order valence-electron chi connectivity index (χ2n) is 5.14. The summed E-state index contributed by atoms with van der Waals surface area (Å²) in [6.07, 6.45) is 4.00. The molecule has 0 radical (unpaired) electrons. The third-order valence-electron chi connectivity index (χ3n) is 3.84. The van der Waals surface area contributed by atoms with E-state index in [1.54, 1.807) is 14.2 Å². The minimum atomic E-state index is -0.234. The fourth-order valence-electron chi connectivity index (χ4n) is 2.62. The molecule has 1 aliphatic carbocycles. The molecule has 2 N–H and O–H groups in total. The Morgan fingerprint density at radius 1 is 1.20 bits per heavy atom. The fourth-order valence-corrected chi connectivity index (χ4v) is 3.08. The first kappa shape index (κ1) is 15.6. The zero-order chi connectivity index (χ0) is 14.5. The van der Waals surface area contributed by atoms with E-state index in [4.69, 9.17) is 9.47 Å². The molecule has 1 saturated carbocycles. The lowest BCUT2D eigenvalue weighted by atomic mass is 9.92. The van der Waals surface area contributed by atoms with Crippen LogP contribution in [0.15, 0.2) is 16.6 Å². The molecule has 0 saturated heterocycles. The Bertz CT molecular complexity index is 453. The summed E-state index contributed by atoms with van der Waals surface area (Å²) in [5.41, 5.74) is 1.10. The lowest BCUT2D eigenvalue weighted by Crippen LogP contribution is -2.41. The predicted molar refractivity (Wildman–Crippen MR) is 82.3 cm³/mol. The van der Waals surface area contributed by atoms with Gasteiger partial charge in [-0.15, -0.1) is 0 Å². The van der Waals surface area contributed by atoms with E-state index >= 15 is 0 Å². The summed E-state index contributed by atoms with van der Waals surface area (Å²) in [4.78, 5) is 0. The molecule has 1 aromatic carbocycles. The van der Waals surface area contributed by atoms with E-state index in [9.17, 15) is 5.11 Å². The number of hydrogen-bond donors (Lipinski definition) is 2. The predicted octanol–water partition coefficient (Wildman–Crippen LogP) is 2.86. The van der Waals surface area contributed by atoms with Crippen LogP contribution in [0.25, 0.3) is 0 Å². The van der Waals surface area contributed by atoms with Crippen LogP contribution in [0.3, 0.4) is 0 Å². The highest BCUT2D eigenvalue weighted by atomic mass is 79.9. The molecular formula is C15H22BrNO3. The average molecular weight is 344 g/mol. The number of hydrogen-bond acceptors (Lipinski definition) is 4. The molecule has 1 fully saturated rings. The Balaban J connectivity index is 2.05. The summed E-state index contributed by atoms with van der Waals surface area (Å²) >= 11 is 3.55. The van der Waals surface area contributed by atoms with Gasteiger partial charge in [-0.3, -0.25) is 0 Å². The maximum absolute atomic E-state index is 9.98. The summed E-state index contributed by atoms with van der Waals surface area (Å²) in [7, 11) is 3.26. The van der Waals surface area contributed by atoms with Crippen molar-refractivity contribution in [3.8, 4) is 11.5 Å². The van der Waals surface area contributed by atoms with Gasteiger partial charge in [0, 0.05) is 17.1 Å². The highest BCUT2D eigenvalue weighted by molar-refractivity contribution is 9.10. The molecule has 1 aliphatic rings. The lowest BCUT2D eigenvalue weighted by molar-refractivity contribution is 0.0902. The SMILES string of the molecule is COc1cc(Br)c(CN[C@H]2CCCC[C@@H]2O)cc1OC. The van der Waals surface area contributed by atoms with Crippen molar-refractivity contribution in [3.63, 3.8) is 0 Å². The first-order valence-corrected chi connectivity index (χ1v) is 7.77. The number of nitrogens with one attached hydrogen (secondary N) is 1. The number of halogens is 1. The molecular weight excluding hydrogens is 322 g/mol. The van der Waals surface area contributed by atoms with Crippen LogP contribution in [0.5, 0.6) is 11.5 Å². The van der Waals surface area contributed by atoms with E-state index in [0.717, 1.165) is 35.0 Å². The zero-order valence-electron chi connectivity index (χ0n) is 12.0. The van der Waals surface area contributed by atoms with Crippen LogP contribution >= 0.6 is 15.9 Å². The van der Waals surface area contributed by atoms with Gasteiger partial charge in [-0.2, -0.15) is 0 Å². The Morgan fingerprint density at radius 2 is 1.85 bits per heavy atom. The van der Waals surface area contributed by atoms with Gasteiger partial charge in [-0.25, -0.2) is 0 Å². The van der Waals surface area contributed by atoms with Crippen molar-refractivity contribution in [2.24, 2.45) is 0 Å². The highest BCUT2D eigenvalue weighted by Gasteiger charge is 2.22. The van der Waals surface area contributed by atoms with Crippen LogP contribution in [0.2, 0.25) is 0 Å². The largest absolute Gasteiger partial charge is 0.493 e. The number of benzene rings is 1. The summed E-state index contributed by atoms with van der Waals surface area (Å²) in [5, 5.41) is 13.4. The van der Waals surface area contributed by atoms with Gasteiger partial charge in [0.05, 0.1) is 20.3 Å². The lowest BCUT2D eigenvalue weighted by Gasteiger charge is -2.28. The number of aliphatic hydroxyl groups excluding tert-OH is 1. The van der Waals surface area contributed by atoms with Gasteiger partial charge >= 0.3 is 0 Å². The molecule has 4 nitrogen and oxygen atoms in total. The second kappa shape index (κ2) is 7.29. The summed E-state index contributed by atoms with van der Waals surface area (Å²) in [6, 6.07) is 4.06. The molecule has 0 amide bonds. The Morgan fingerprint density at radius 3 is 2.50 bits per heavy atom. The highest BCUT2D eigenvalue weighted by Crippen LogP contribution is 2.33. The van der Waals surface area contributed by atoms with Gasteiger partial charge in [-0.1, -0.05) is 28.8 Å². The van der Waals surface area contributed by atoms with Crippen LogP contribution in [0, 0.1) is 0 Å². The van der Waals surface area contributed by atoms with Crippen LogP contribution < -0.4 is 14.8 Å². The van der Waals surface area contributed by atoms with E-state index in [1.807, 2.05) is 12.1 Å². The molecule has 0 aromatic heterocycles. The minimum Gasteiger partial charge on any atom is -0.493 e. The molecule has 2 rings (SSSR count). The van der Waals surface area contributed by atoms with E-state index in [-0.39, 0.29) is 12.1 Å². The third kappa shape index (κ3) is 3.65. The van der Waals surface area contributed by atoms with Crippen LogP contribution in [0.1, 0.15) is 31.2 Å². The minimum absolute atomic E-state index is 0.184. The molecule has 20 heavy (non-hydrogen) atoms. The smallest absolute Gasteiger partial charge is 0.161 e. The molecule has 0 unspecified atom stereocenters. The standard InChI is InChI=1S/C15H22BrNO3/c1-19-14-7-10(11(16)8-15(14)20-2)9-17-12-5-3-4-6-13(12)18/h7-8,12-13,17-18H,3-6,9H2,1-2H3/t12-,13-/m0/s1. The summed E-state index contributed by atoms with van der Waals surface area (Å²) in [5.74, 6) is 1.43. The Kier molecular flexibility index (Phi) is 5.69. The van der Waals surface area contributed by atoms with E-state index in [1.165, 1.54) is 6.42 Å². The Labute approximate surface area is 128 Å². The topological polar surface area (TPSA) is 50.7 Å². The van der Waals surface area contributed by atoms with Gasteiger partial charge in [0.25, 0.3) is 0 Å². The van der Waals surface area contributed by atoms with Crippen LogP contribution in [0.4, 0.5) is 0 Å². The quantitative estimate of drug-likeness (QED) is 0.863. The van der Waals surface area contributed by atoms with Gasteiger partial charge in [0.15, 0.2) is 11.5 Å². The second-order valence-corrected chi connectivity index (χ2v) is 5.99. The molecule has 1 aromatic rings. The number of methoxy groups -OCH3 is 2. The van der Waals surface area contributed by atoms with Crippen molar-refractivity contribution in [1.29, 1.82) is 0 Å². The fraction of sp³-hybridized carbons (Fsp3) is 0.600. The van der Waals surface area contributed by atoms with Crippen molar-refractivity contribution < 1.29 is 14.6 Å². The van der Waals surface area contributed by atoms with E-state index in [2.05, 4.69) is 21.2 Å². The summed E-state index contributed by atoms with van der Waals surface area (Å²) in [6.45, 7) is 0.697. The molecule has 5 heteroatoms. The number of ether oxygens (including phenoxy) is 2. The third-order valence-corrected chi connectivity index (χ3v) is 4.57. The van der Waals surface area contributed by atoms with Gasteiger partial charge in [0.2, 0.25) is 0 Å². The number of aliphatic hydroxyl groups is 1. The van der Waals surface area contributed by atoms with Crippen molar-refractivity contribution in [2.45, 2.75) is 44.4 Å². The monoisotopic (exact) mass is 343 g/mol. The number of rotatable bonds is 5. The molecule has 0 spiro atoms. The molecule has 0 aliphatic heterocycles. The first-order valence-electron chi connectivity index (χ1n) is 6.97. The van der Waals surface area contributed by atoms with Crippen molar-refractivity contribution in [1.82, 2.24) is 5.32 Å². The van der Waals surface area contributed by atoms with E-state index in [0.29, 0.717) is 12.3 Å². The Hall–Kier alpha value is -0.780. The molecule has 0 bridgehead atoms. The van der Waals surface area contributed by atoms with Gasteiger partial charge in [-0.05, 0) is 30.5 Å². The maximum atomic E-state index is 9.98. The normalized spacial score (nSPS) is 22.6. The van der Waals surface area contributed by atoms with Gasteiger partial charge < -0.3 is 19.9 Å². The average Bonchev–Trinajstić information content (AvgIpc) is 2.47. The first-order chi connectivity index (χ1) is 9.65. The molecule has 0 heterocycles. The van der Waals surface area contributed by atoms with Crippen LogP contribution in [-0.4, -0.2) is 31.5 Å². The van der Waals surface area contributed by atoms with Crippen molar-refractivity contribution in [2.75, 3.05) is 14.2 Å². The van der Waals surface area contributed by atoms with Crippen LogP contribution in [-0.2, 0) is 6.54 Å². The van der Waals surface area contributed by atoms with E-state index < -0.39 is 0 Å². The maximum Gasteiger partial charge on any atom is 0.161 e. The summed E-state index contributed by atoms with van der Waals surface area (Å²) < 4.78 is 11.6. The molecule has 112 valence electrons. The zero-order valence-corrected chi connectivity index (χ0v) is 13.6. The van der Waals surface area contributed by atoms with Crippen molar-refractivity contribution in [3.05, 3.63) is 22.2 Å². The molecule has 2 atom stereocenters.